The SMILES string of the molecule is CNC(=O)c1c(-c2ccc(F)cc2)oc2c1=CC([C@H]1CCCN(S(=O)(=O)Cc3ccc(F)cc3)C1)C(N(C)S(C)(=O)=O)C=2. The molecule has 1 fully saturated rings. The molecular weight excluding hydrogens is 600 g/mol. The van der Waals surface area contributed by atoms with E-state index in [1.807, 2.05) is 6.08 Å². The van der Waals surface area contributed by atoms with Gasteiger partial charge in [0, 0.05) is 43.9 Å². The molecule has 2 heterocycles. The molecule has 0 radical (unpaired) electrons. The fraction of sp³-hybridized carbons (Fsp3) is 0.367. The predicted molar refractivity (Wildman–Crippen MR) is 159 cm³/mol. The van der Waals surface area contributed by atoms with Gasteiger partial charge in [-0.05, 0) is 66.8 Å². The van der Waals surface area contributed by atoms with E-state index >= 15 is 0 Å². The number of hydrogen-bond acceptors (Lipinski definition) is 6. The first kappa shape index (κ1) is 31.0. The minimum Gasteiger partial charge on any atom is -0.456 e. The molecule has 2 aliphatic rings. The summed E-state index contributed by atoms with van der Waals surface area (Å²) in [5, 5.41) is 3.09. The molecule has 9 nitrogen and oxygen atoms in total. The molecule has 1 aromatic heterocycles. The van der Waals surface area contributed by atoms with Crippen LogP contribution in [0.3, 0.4) is 0 Å². The lowest BCUT2D eigenvalue weighted by molar-refractivity contribution is 0.0962. The second kappa shape index (κ2) is 11.9. The van der Waals surface area contributed by atoms with E-state index in [-0.39, 0.29) is 29.5 Å². The largest absolute Gasteiger partial charge is 0.456 e. The molecule has 1 N–H and O–H groups in total. The van der Waals surface area contributed by atoms with Crippen molar-refractivity contribution >= 4 is 38.1 Å². The number of furan rings is 1. The van der Waals surface area contributed by atoms with Crippen LogP contribution in [0.1, 0.15) is 28.8 Å². The second-order valence-electron chi connectivity index (χ2n) is 11.0. The van der Waals surface area contributed by atoms with E-state index in [9.17, 15) is 30.4 Å². The number of fused-ring (bicyclic) bond motifs is 1. The summed E-state index contributed by atoms with van der Waals surface area (Å²) in [6.07, 6.45) is 5.74. The van der Waals surface area contributed by atoms with Crippen LogP contribution in [0.25, 0.3) is 23.5 Å². The van der Waals surface area contributed by atoms with E-state index in [4.69, 9.17) is 4.42 Å². The summed E-state index contributed by atoms with van der Waals surface area (Å²) in [4.78, 5) is 13.1. The highest BCUT2D eigenvalue weighted by molar-refractivity contribution is 7.88. The number of piperidine rings is 1. The number of sulfonamides is 2. The highest BCUT2D eigenvalue weighted by Gasteiger charge is 2.40. The van der Waals surface area contributed by atoms with Crippen molar-refractivity contribution in [1.29, 1.82) is 0 Å². The number of hydrogen-bond donors (Lipinski definition) is 1. The van der Waals surface area contributed by atoms with Crippen LogP contribution in [0.2, 0.25) is 0 Å². The van der Waals surface area contributed by atoms with Crippen LogP contribution in [0.5, 0.6) is 0 Å². The second-order valence-corrected chi connectivity index (χ2v) is 15.0. The number of halogens is 2. The van der Waals surface area contributed by atoms with Gasteiger partial charge >= 0.3 is 0 Å². The molecule has 1 aliphatic carbocycles. The van der Waals surface area contributed by atoms with E-state index in [0.29, 0.717) is 41.1 Å². The van der Waals surface area contributed by atoms with Gasteiger partial charge in [-0.15, -0.1) is 0 Å². The Morgan fingerprint density at radius 2 is 1.65 bits per heavy atom. The Morgan fingerprint density at radius 1 is 1.02 bits per heavy atom. The van der Waals surface area contributed by atoms with Crippen LogP contribution in [0.15, 0.2) is 52.9 Å². The summed E-state index contributed by atoms with van der Waals surface area (Å²) < 4.78 is 88.1. The number of benzene rings is 2. The van der Waals surface area contributed by atoms with Gasteiger partial charge in [-0.2, -0.15) is 4.31 Å². The summed E-state index contributed by atoms with van der Waals surface area (Å²) in [5.41, 5.74) is 1.45. The first-order chi connectivity index (χ1) is 20.3. The molecule has 0 saturated carbocycles. The normalized spacial score (nSPS) is 21.1. The Kier molecular flexibility index (Phi) is 8.63. The molecule has 230 valence electrons. The van der Waals surface area contributed by atoms with E-state index < -0.39 is 49.5 Å². The van der Waals surface area contributed by atoms with Gasteiger partial charge in [0.25, 0.3) is 5.91 Å². The third-order valence-electron chi connectivity index (χ3n) is 8.17. The molecule has 2 unspecified atom stereocenters. The Bertz CT molecular complexity index is 1860. The van der Waals surface area contributed by atoms with Crippen LogP contribution in [-0.4, -0.2) is 70.8 Å². The zero-order valence-electron chi connectivity index (χ0n) is 24.0. The van der Waals surface area contributed by atoms with Gasteiger partial charge in [-0.3, -0.25) is 4.79 Å². The van der Waals surface area contributed by atoms with E-state index in [1.54, 1.807) is 6.08 Å². The topological polar surface area (TPSA) is 117 Å². The lowest BCUT2D eigenvalue weighted by Gasteiger charge is -2.40. The predicted octanol–water partition coefficient (Wildman–Crippen LogP) is 2.28. The third kappa shape index (κ3) is 6.44. The molecule has 2 aromatic carbocycles. The van der Waals surface area contributed by atoms with Crippen LogP contribution in [-0.2, 0) is 25.8 Å². The smallest absolute Gasteiger partial charge is 0.255 e. The van der Waals surface area contributed by atoms with Gasteiger partial charge in [-0.1, -0.05) is 18.2 Å². The van der Waals surface area contributed by atoms with Crippen molar-refractivity contribution in [3.8, 4) is 11.3 Å². The quantitative estimate of drug-likeness (QED) is 0.407. The fourth-order valence-corrected chi connectivity index (χ4v) is 8.14. The fourth-order valence-electron chi connectivity index (χ4n) is 5.87. The van der Waals surface area contributed by atoms with Gasteiger partial charge in [0.1, 0.15) is 22.8 Å². The zero-order chi connectivity index (χ0) is 31.1. The maximum atomic E-state index is 13.7. The van der Waals surface area contributed by atoms with Gasteiger partial charge in [0.05, 0.1) is 23.6 Å². The summed E-state index contributed by atoms with van der Waals surface area (Å²) in [6.45, 7) is 0.443. The van der Waals surface area contributed by atoms with E-state index in [2.05, 4.69) is 5.32 Å². The number of rotatable bonds is 8. The average molecular weight is 634 g/mol. The number of carbonyl (C=O) groups excluding carboxylic acids is 1. The molecule has 1 aliphatic heterocycles. The molecule has 1 saturated heterocycles. The van der Waals surface area contributed by atoms with Crippen molar-refractivity contribution in [2.24, 2.45) is 11.8 Å². The van der Waals surface area contributed by atoms with Crippen molar-refractivity contribution < 1.29 is 34.8 Å². The summed E-state index contributed by atoms with van der Waals surface area (Å²) in [5.74, 6) is -2.22. The van der Waals surface area contributed by atoms with Gasteiger partial charge < -0.3 is 9.73 Å². The van der Waals surface area contributed by atoms with Crippen molar-refractivity contribution in [3.05, 3.63) is 81.9 Å². The summed E-state index contributed by atoms with van der Waals surface area (Å²) in [6, 6.07) is 10.1. The van der Waals surface area contributed by atoms with Crippen LogP contribution >= 0.6 is 0 Å². The number of amides is 1. The van der Waals surface area contributed by atoms with Crippen molar-refractivity contribution in [1.82, 2.24) is 13.9 Å². The van der Waals surface area contributed by atoms with Crippen LogP contribution < -0.4 is 16.0 Å². The molecule has 0 bridgehead atoms. The Hall–Kier alpha value is -3.39. The molecule has 1 amide bonds. The molecule has 3 atom stereocenters. The van der Waals surface area contributed by atoms with Crippen molar-refractivity contribution in [3.63, 3.8) is 0 Å². The van der Waals surface area contributed by atoms with E-state index in [0.717, 1.165) is 6.26 Å². The lowest BCUT2D eigenvalue weighted by atomic mass is 9.79. The first-order valence-electron chi connectivity index (χ1n) is 13.8. The molecule has 3 aromatic rings. The molecule has 13 heteroatoms. The highest BCUT2D eigenvalue weighted by Crippen LogP contribution is 2.34. The maximum absolute atomic E-state index is 13.7. The molecule has 43 heavy (non-hydrogen) atoms. The Labute approximate surface area is 249 Å². The minimum atomic E-state index is -3.77. The van der Waals surface area contributed by atoms with Crippen molar-refractivity contribution in [2.75, 3.05) is 33.4 Å². The first-order valence-corrected chi connectivity index (χ1v) is 17.2. The Balaban J connectivity index is 1.58. The maximum Gasteiger partial charge on any atom is 0.255 e. The lowest BCUT2D eigenvalue weighted by Crippen LogP contribution is -2.51. The van der Waals surface area contributed by atoms with Gasteiger partial charge in [0.2, 0.25) is 20.0 Å². The Morgan fingerprint density at radius 3 is 2.26 bits per heavy atom. The molecule has 0 spiro atoms. The van der Waals surface area contributed by atoms with Gasteiger partial charge in [-0.25, -0.2) is 29.9 Å². The number of nitrogens with zero attached hydrogens (tertiary/aromatic N) is 2. The van der Waals surface area contributed by atoms with Crippen LogP contribution in [0.4, 0.5) is 8.78 Å². The number of carbonyl (C=O) groups is 1. The van der Waals surface area contributed by atoms with Crippen molar-refractivity contribution in [2.45, 2.75) is 24.6 Å². The standard InChI is InChI=1S/C30H33F2N3O6S2/c1-33-30(36)28-25-15-24(21-5-4-14-35(17-21)43(39,40)18-19-6-10-22(31)11-7-19)26(34(2)42(3,37)38)16-27(25)41-29(28)20-8-12-23(32)13-9-20/h6-13,15-16,21,24,26H,4-5,14,17-18H2,1-3H3,(H,33,36)/t21-,24?,26?/m0/s1. The number of nitrogens with one attached hydrogen (secondary N) is 1. The summed E-state index contributed by atoms with van der Waals surface area (Å²) >= 11 is 0. The molecular formula is C30H33F2N3O6S2. The van der Waals surface area contributed by atoms with Gasteiger partial charge in [0.15, 0.2) is 0 Å². The summed E-state index contributed by atoms with van der Waals surface area (Å²) in [7, 11) is -4.52. The van der Waals surface area contributed by atoms with E-state index in [1.165, 1.54) is 71.2 Å². The zero-order valence-corrected chi connectivity index (χ0v) is 25.6. The minimum absolute atomic E-state index is 0.139. The molecule has 5 rings (SSSR count). The average Bonchev–Trinajstić information content (AvgIpc) is 3.35. The van der Waals surface area contributed by atoms with Crippen LogP contribution in [0, 0.1) is 23.5 Å². The monoisotopic (exact) mass is 633 g/mol. The highest BCUT2D eigenvalue weighted by atomic mass is 32.2. The third-order valence-corrected chi connectivity index (χ3v) is 11.3.